The fourth-order valence-electron chi connectivity index (χ4n) is 2.29. The minimum atomic E-state index is -0.139. The minimum Gasteiger partial charge on any atom is -0.322 e. The van der Waals surface area contributed by atoms with Crippen LogP contribution in [0.5, 0.6) is 0 Å². The van der Waals surface area contributed by atoms with Crippen molar-refractivity contribution in [1.29, 1.82) is 0 Å². The van der Waals surface area contributed by atoms with E-state index in [4.69, 9.17) is 11.6 Å². The van der Waals surface area contributed by atoms with E-state index in [0.717, 1.165) is 15.2 Å². The number of aromatic nitrogens is 2. The molecule has 1 aromatic carbocycles. The second-order valence-corrected chi connectivity index (χ2v) is 6.92. The first-order chi connectivity index (χ1) is 11.5. The average molecular weight is 361 g/mol. The zero-order chi connectivity index (χ0) is 17.1. The Kier molecular flexibility index (Phi) is 5.08. The monoisotopic (exact) mass is 360 g/mol. The summed E-state index contributed by atoms with van der Waals surface area (Å²) in [6.07, 6.45) is 1.58. The maximum Gasteiger partial charge on any atom is 0.238 e. The molecule has 0 saturated heterocycles. The number of carbonyl (C=O) groups is 1. The van der Waals surface area contributed by atoms with Crippen LogP contribution in [0.4, 0.5) is 5.69 Å². The number of hydrogen-bond acceptors (Lipinski definition) is 5. The van der Waals surface area contributed by atoms with Crippen molar-refractivity contribution >= 4 is 44.7 Å². The van der Waals surface area contributed by atoms with Gasteiger partial charge in [-0.05, 0) is 38.2 Å². The number of nitrogens with one attached hydrogen (secondary N) is 1. The Labute approximate surface area is 149 Å². The number of fused-ring (bicyclic) bond motifs is 1. The van der Waals surface area contributed by atoms with Crippen molar-refractivity contribution in [2.75, 3.05) is 18.9 Å². The predicted octanol–water partition coefficient (Wildman–Crippen LogP) is 3.98. The molecule has 0 aliphatic heterocycles. The fourth-order valence-corrected chi connectivity index (χ4v) is 3.54. The summed E-state index contributed by atoms with van der Waals surface area (Å²) in [5.41, 5.74) is 1.51. The Morgan fingerprint density at radius 3 is 2.88 bits per heavy atom. The van der Waals surface area contributed by atoms with Gasteiger partial charge >= 0.3 is 0 Å². The smallest absolute Gasteiger partial charge is 0.238 e. The molecule has 3 aromatic rings. The zero-order valence-electron chi connectivity index (χ0n) is 13.4. The molecule has 3 rings (SSSR count). The molecule has 0 radical (unpaired) electrons. The van der Waals surface area contributed by atoms with Crippen LogP contribution in [0, 0.1) is 0 Å². The van der Waals surface area contributed by atoms with Crippen molar-refractivity contribution in [2.24, 2.45) is 0 Å². The summed E-state index contributed by atoms with van der Waals surface area (Å²) in [6.45, 7) is 2.28. The van der Waals surface area contributed by atoms with Crippen LogP contribution in [0.25, 0.3) is 10.2 Å². The van der Waals surface area contributed by atoms with Crippen LogP contribution in [0.2, 0.25) is 5.15 Å². The summed E-state index contributed by atoms with van der Waals surface area (Å²) < 4.78 is 1.15. The van der Waals surface area contributed by atoms with Crippen LogP contribution in [0.15, 0.2) is 42.6 Å². The number of anilines is 1. The van der Waals surface area contributed by atoms with Crippen molar-refractivity contribution in [3.8, 4) is 0 Å². The number of likely N-dealkylation sites (N-methyl/N-ethyl adjacent to an activating group) is 1. The van der Waals surface area contributed by atoms with E-state index in [-0.39, 0.29) is 23.6 Å². The van der Waals surface area contributed by atoms with E-state index < -0.39 is 0 Å². The normalized spacial score (nSPS) is 12.5. The molecular weight excluding hydrogens is 344 g/mol. The molecule has 2 aromatic heterocycles. The van der Waals surface area contributed by atoms with E-state index in [1.165, 1.54) is 0 Å². The van der Waals surface area contributed by atoms with Gasteiger partial charge in [-0.2, -0.15) is 0 Å². The summed E-state index contributed by atoms with van der Waals surface area (Å²) in [5.74, 6) is -0.139. The Bertz CT molecular complexity index is 833. The lowest BCUT2D eigenvalue weighted by molar-refractivity contribution is -0.117. The van der Waals surface area contributed by atoms with Gasteiger partial charge in [0.1, 0.15) is 5.01 Å². The quantitative estimate of drug-likeness (QED) is 0.699. The maximum atomic E-state index is 12.2. The predicted molar refractivity (Wildman–Crippen MR) is 98.5 cm³/mol. The number of halogens is 1. The van der Waals surface area contributed by atoms with Crippen molar-refractivity contribution in [3.05, 3.63) is 52.8 Å². The van der Waals surface area contributed by atoms with Crippen LogP contribution in [0.3, 0.4) is 0 Å². The number of benzene rings is 1. The first-order valence-corrected chi connectivity index (χ1v) is 8.70. The molecule has 0 saturated carbocycles. The van der Waals surface area contributed by atoms with Crippen LogP contribution in [0.1, 0.15) is 18.0 Å². The maximum absolute atomic E-state index is 12.2. The Morgan fingerprint density at radius 1 is 1.33 bits per heavy atom. The first-order valence-electron chi connectivity index (χ1n) is 7.50. The van der Waals surface area contributed by atoms with Gasteiger partial charge in [0.2, 0.25) is 5.91 Å². The van der Waals surface area contributed by atoms with Crippen LogP contribution in [-0.2, 0) is 4.79 Å². The van der Waals surface area contributed by atoms with Gasteiger partial charge in [0.15, 0.2) is 5.15 Å². The van der Waals surface area contributed by atoms with Crippen LogP contribution < -0.4 is 5.32 Å². The van der Waals surface area contributed by atoms with Crippen molar-refractivity contribution in [1.82, 2.24) is 14.9 Å². The van der Waals surface area contributed by atoms with E-state index in [1.807, 2.05) is 37.1 Å². The number of nitrogens with zero attached hydrogens (tertiary/aromatic N) is 3. The summed E-state index contributed by atoms with van der Waals surface area (Å²) in [4.78, 5) is 22.8. The van der Waals surface area contributed by atoms with Crippen molar-refractivity contribution < 1.29 is 4.79 Å². The third-order valence-electron chi connectivity index (χ3n) is 3.76. The molecule has 1 N–H and O–H groups in total. The fraction of sp³-hybridized carbons (Fsp3) is 0.235. The molecule has 0 unspecified atom stereocenters. The first kappa shape index (κ1) is 16.8. The molecular formula is C17H17ClN4OS. The number of carbonyl (C=O) groups excluding carboxylic acids is 1. The minimum absolute atomic E-state index is 0.0394. The van der Waals surface area contributed by atoms with Crippen LogP contribution in [-0.4, -0.2) is 34.4 Å². The lowest BCUT2D eigenvalue weighted by Crippen LogP contribution is -2.32. The van der Waals surface area contributed by atoms with Gasteiger partial charge in [0.25, 0.3) is 0 Å². The van der Waals surface area contributed by atoms with Gasteiger partial charge in [0.05, 0.1) is 28.5 Å². The highest BCUT2D eigenvalue weighted by Crippen LogP contribution is 2.28. The van der Waals surface area contributed by atoms with E-state index in [1.54, 1.807) is 29.7 Å². The molecule has 1 amide bonds. The SMILES string of the molecule is C[C@@H](c1nc2ccccc2s1)N(C)CC(=O)Nc1cccnc1Cl. The van der Waals surface area contributed by atoms with Crippen LogP contribution >= 0.6 is 22.9 Å². The Morgan fingerprint density at radius 2 is 2.12 bits per heavy atom. The largest absolute Gasteiger partial charge is 0.322 e. The van der Waals surface area contributed by atoms with E-state index in [2.05, 4.69) is 21.4 Å². The molecule has 0 fully saturated rings. The number of pyridine rings is 1. The lowest BCUT2D eigenvalue weighted by atomic mass is 10.3. The Balaban J connectivity index is 1.66. The standard InChI is InChI=1S/C17H17ClN4OS/c1-11(17-21-12-6-3-4-8-14(12)24-17)22(2)10-15(23)20-13-7-5-9-19-16(13)18/h3-9,11H,10H2,1-2H3,(H,20,23)/t11-/m0/s1. The van der Waals surface area contributed by atoms with Gasteiger partial charge < -0.3 is 5.32 Å². The highest BCUT2D eigenvalue weighted by atomic mass is 35.5. The summed E-state index contributed by atoms with van der Waals surface area (Å²) >= 11 is 7.61. The number of hydrogen-bond donors (Lipinski definition) is 1. The lowest BCUT2D eigenvalue weighted by Gasteiger charge is -2.22. The van der Waals surface area contributed by atoms with E-state index in [9.17, 15) is 4.79 Å². The molecule has 24 heavy (non-hydrogen) atoms. The second-order valence-electron chi connectivity index (χ2n) is 5.50. The number of rotatable bonds is 5. The van der Waals surface area contributed by atoms with Gasteiger partial charge in [-0.15, -0.1) is 11.3 Å². The molecule has 0 aliphatic carbocycles. The van der Waals surface area contributed by atoms with Crippen molar-refractivity contribution in [2.45, 2.75) is 13.0 Å². The number of thiazole rings is 1. The van der Waals surface area contributed by atoms with E-state index >= 15 is 0 Å². The molecule has 124 valence electrons. The zero-order valence-corrected chi connectivity index (χ0v) is 14.9. The van der Waals surface area contributed by atoms with Crippen molar-refractivity contribution in [3.63, 3.8) is 0 Å². The average Bonchev–Trinajstić information content (AvgIpc) is 3.00. The number of para-hydroxylation sites is 1. The topological polar surface area (TPSA) is 58.1 Å². The molecule has 5 nitrogen and oxygen atoms in total. The highest BCUT2D eigenvalue weighted by molar-refractivity contribution is 7.18. The molecule has 1 atom stereocenters. The van der Waals surface area contributed by atoms with Gasteiger partial charge in [-0.3, -0.25) is 9.69 Å². The molecule has 0 aliphatic rings. The summed E-state index contributed by atoms with van der Waals surface area (Å²) in [6, 6.07) is 11.5. The third-order valence-corrected chi connectivity index (χ3v) is 5.26. The van der Waals surface area contributed by atoms with Gasteiger partial charge in [0, 0.05) is 6.20 Å². The molecule has 7 heteroatoms. The molecule has 0 spiro atoms. The van der Waals surface area contributed by atoms with Gasteiger partial charge in [-0.25, -0.2) is 9.97 Å². The van der Waals surface area contributed by atoms with Gasteiger partial charge in [-0.1, -0.05) is 23.7 Å². The second kappa shape index (κ2) is 7.25. The van der Waals surface area contributed by atoms with E-state index in [0.29, 0.717) is 5.69 Å². The summed E-state index contributed by atoms with van der Waals surface area (Å²) in [7, 11) is 1.90. The molecule has 0 bridgehead atoms. The summed E-state index contributed by atoms with van der Waals surface area (Å²) in [5, 5.41) is 4.06. The highest BCUT2D eigenvalue weighted by Gasteiger charge is 2.19. The molecule has 2 heterocycles. The Hall–Kier alpha value is -2.02. The number of amides is 1. The third kappa shape index (κ3) is 3.72.